The Hall–Kier alpha value is -0.660. The van der Waals surface area contributed by atoms with Gasteiger partial charge in [-0.05, 0) is 18.1 Å². The van der Waals surface area contributed by atoms with E-state index in [1.54, 1.807) is 17.5 Å². The lowest BCUT2D eigenvalue weighted by atomic mass is 10.1. The smallest absolute Gasteiger partial charge is 0.214 e. The molecule has 1 aliphatic rings. The van der Waals surface area contributed by atoms with Crippen LogP contribution in [0.2, 0.25) is 5.02 Å². The number of hydrogen-bond donors (Lipinski definition) is 1. The Morgan fingerprint density at radius 2 is 2.19 bits per heavy atom. The zero-order chi connectivity index (χ0) is 15.3. The molecule has 1 atom stereocenters. The first-order valence-corrected chi connectivity index (χ1v) is 8.98. The minimum atomic E-state index is -3.31. The van der Waals surface area contributed by atoms with Crippen molar-refractivity contribution in [3.63, 3.8) is 0 Å². The highest BCUT2D eigenvalue weighted by Crippen LogP contribution is 2.30. The molecule has 0 amide bonds. The molecule has 1 unspecified atom stereocenters. The topological polar surface area (TPSA) is 58.6 Å². The molecule has 7 heteroatoms. The Labute approximate surface area is 131 Å². The predicted octanol–water partition coefficient (Wildman–Crippen LogP) is 1.65. The number of ether oxygens (including phenoxy) is 1. The number of rotatable bonds is 6. The fourth-order valence-corrected chi connectivity index (χ4v) is 4.46. The van der Waals surface area contributed by atoms with Gasteiger partial charge in [0.15, 0.2) is 0 Å². The fraction of sp³-hybridized carbons (Fsp3) is 0.571. The van der Waals surface area contributed by atoms with Crippen LogP contribution in [0.4, 0.5) is 0 Å². The average Bonchev–Trinajstić information content (AvgIpc) is 2.48. The summed E-state index contributed by atoms with van der Waals surface area (Å²) in [6.45, 7) is 2.14. The van der Waals surface area contributed by atoms with E-state index < -0.39 is 10.0 Å². The van der Waals surface area contributed by atoms with Gasteiger partial charge in [-0.25, -0.2) is 8.42 Å². The third-order valence-corrected chi connectivity index (χ3v) is 5.87. The van der Waals surface area contributed by atoms with Crippen LogP contribution in [-0.4, -0.2) is 51.8 Å². The zero-order valence-electron chi connectivity index (χ0n) is 12.1. The molecule has 1 aromatic rings. The maximum absolute atomic E-state index is 12.6. The third-order valence-electron chi connectivity index (χ3n) is 3.57. The molecule has 1 aliphatic heterocycles. The number of methoxy groups -OCH3 is 1. The van der Waals surface area contributed by atoms with Crippen molar-refractivity contribution < 1.29 is 13.2 Å². The van der Waals surface area contributed by atoms with E-state index in [0.717, 1.165) is 5.56 Å². The first-order valence-electron chi connectivity index (χ1n) is 7.00. The molecule has 0 radical (unpaired) electrons. The highest BCUT2D eigenvalue weighted by molar-refractivity contribution is 7.89. The number of piperazine rings is 1. The molecule has 2 rings (SSSR count). The Kier molecular flexibility index (Phi) is 6.01. The molecule has 1 N–H and O–H groups in total. The van der Waals surface area contributed by atoms with E-state index in [9.17, 15) is 8.42 Å². The molecule has 0 bridgehead atoms. The van der Waals surface area contributed by atoms with Gasteiger partial charge in [-0.15, -0.1) is 0 Å². The average molecular weight is 333 g/mol. The van der Waals surface area contributed by atoms with Gasteiger partial charge in [0.05, 0.1) is 11.8 Å². The van der Waals surface area contributed by atoms with Gasteiger partial charge >= 0.3 is 0 Å². The summed E-state index contributed by atoms with van der Waals surface area (Å²) in [5.41, 5.74) is 0.849. The molecule has 21 heavy (non-hydrogen) atoms. The molecule has 1 heterocycles. The van der Waals surface area contributed by atoms with E-state index in [4.69, 9.17) is 16.3 Å². The minimum Gasteiger partial charge on any atom is -0.385 e. The second-order valence-corrected chi connectivity index (χ2v) is 7.46. The molecule has 1 saturated heterocycles. The van der Waals surface area contributed by atoms with Crippen LogP contribution in [0.3, 0.4) is 0 Å². The van der Waals surface area contributed by atoms with Crippen LogP contribution < -0.4 is 5.32 Å². The fourth-order valence-electron chi connectivity index (χ4n) is 2.53. The second kappa shape index (κ2) is 7.56. The molecule has 0 aromatic heterocycles. The Balaban J connectivity index is 2.21. The Bertz CT molecular complexity index is 565. The van der Waals surface area contributed by atoms with Crippen LogP contribution in [-0.2, 0) is 14.8 Å². The summed E-state index contributed by atoms with van der Waals surface area (Å²) in [5.74, 6) is 0.0990. The number of benzene rings is 1. The van der Waals surface area contributed by atoms with Gasteiger partial charge in [0, 0.05) is 38.4 Å². The summed E-state index contributed by atoms with van der Waals surface area (Å²) in [5, 5.41) is 3.84. The summed E-state index contributed by atoms with van der Waals surface area (Å²) < 4.78 is 31.6. The molecular weight excluding hydrogens is 312 g/mol. The normalized spacial score (nSPS) is 20.6. The second-order valence-electron chi connectivity index (χ2n) is 5.01. The van der Waals surface area contributed by atoms with Gasteiger partial charge in [-0.2, -0.15) is 4.31 Å². The molecule has 1 aromatic carbocycles. The molecule has 0 aliphatic carbocycles. The standard InChI is InChI=1S/C14H21ClN2O3S/c1-20-9-4-10-21(18,19)17-8-7-16-11-14(17)12-5-2-3-6-13(12)15/h2-3,5-6,14,16H,4,7-11H2,1H3. The van der Waals surface area contributed by atoms with Crippen LogP contribution in [0, 0.1) is 0 Å². The lowest BCUT2D eigenvalue weighted by Gasteiger charge is -2.35. The number of hydrogen-bond acceptors (Lipinski definition) is 4. The van der Waals surface area contributed by atoms with E-state index >= 15 is 0 Å². The summed E-state index contributed by atoms with van der Waals surface area (Å²) in [6, 6.07) is 7.16. The maximum Gasteiger partial charge on any atom is 0.214 e. The van der Waals surface area contributed by atoms with Crippen molar-refractivity contribution in [2.45, 2.75) is 12.5 Å². The van der Waals surface area contributed by atoms with Gasteiger partial charge < -0.3 is 10.1 Å². The zero-order valence-corrected chi connectivity index (χ0v) is 13.7. The van der Waals surface area contributed by atoms with Crippen molar-refractivity contribution in [1.82, 2.24) is 9.62 Å². The number of nitrogens with zero attached hydrogens (tertiary/aromatic N) is 1. The van der Waals surface area contributed by atoms with E-state index in [2.05, 4.69) is 5.32 Å². The number of nitrogens with one attached hydrogen (secondary N) is 1. The van der Waals surface area contributed by atoms with E-state index in [1.807, 2.05) is 18.2 Å². The quantitative estimate of drug-likeness (QED) is 0.805. The van der Waals surface area contributed by atoms with Gasteiger partial charge in [0.25, 0.3) is 0 Å². The Morgan fingerprint density at radius 3 is 2.90 bits per heavy atom. The minimum absolute atomic E-state index is 0.0990. The van der Waals surface area contributed by atoms with Crippen molar-refractivity contribution in [3.8, 4) is 0 Å². The van der Waals surface area contributed by atoms with Gasteiger partial charge in [0.2, 0.25) is 10.0 Å². The first kappa shape index (κ1) is 16.7. The van der Waals surface area contributed by atoms with Crippen molar-refractivity contribution in [3.05, 3.63) is 34.9 Å². The van der Waals surface area contributed by atoms with Crippen molar-refractivity contribution >= 4 is 21.6 Å². The van der Waals surface area contributed by atoms with Crippen LogP contribution in [0.25, 0.3) is 0 Å². The van der Waals surface area contributed by atoms with Crippen LogP contribution in [0.5, 0.6) is 0 Å². The summed E-state index contributed by atoms with van der Waals surface area (Å²) >= 11 is 6.23. The lowest BCUT2D eigenvalue weighted by Crippen LogP contribution is -2.49. The summed E-state index contributed by atoms with van der Waals surface area (Å²) in [4.78, 5) is 0. The van der Waals surface area contributed by atoms with E-state index in [-0.39, 0.29) is 11.8 Å². The monoisotopic (exact) mass is 332 g/mol. The van der Waals surface area contributed by atoms with Gasteiger partial charge in [-0.1, -0.05) is 29.8 Å². The maximum atomic E-state index is 12.6. The van der Waals surface area contributed by atoms with E-state index in [0.29, 0.717) is 37.7 Å². The largest absolute Gasteiger partial charge is 0.385 e. The molecule has 0 saturated carbocycles. The lowest BCUT2D eigenvalue weighted by molar-refractivity contribution is 0.198. The highest BCUT2D eigenvalue weighted by Gasteiger charge is 2.33. The van der Waals surface area contributed by atoms with Gasteiger partial charge in [0.1, 0.15) is 0 Å². The van der Waals surface area contributed by atoms with Crippen LogP contribution >= 0.6 is 11.6 Å². The summed E-state index contributed by atoms with van der Waals surface area (Å²) in [6.07, 6.45) is 0.498. The predicted molar refractivity (Wildman–Crippen MR) is 84.0 cm³/mol. The molecule has 5 nitrogen and oxygen atoms in total. The van der Waals surface area contributed by atoms with Crippen molar-refractivity contribution in [2.24, 2.45) is 0 Å². The third kappa shape index (κ3) is 4.17. The SMILES string of the molecule is COCCCS(=O)(=O)N1CCNCC1c1ccccc1Cl. The van der Waals surface area contributed by atoms with Crippen molar-refractivity contribution in [1.29, 1.82) is 0 Å². The van der Waals surface area contributed by atoms with Gasteiger partial charge in [-0.3, -0.25) is 0 Å². The first-order chi connectivity index (χ1) is 10.1. The molecule has 118 valence electrons. The van der Waals surface area contributed by atoms with E-state index in [1.165, 1.54) is 0 Å². The summed E-state index contributed by atoms with van der Waals surface area (Å²) in [7, 11) is -1.74. The molecular formula is C14H21ClN2O3S. The molecule has 0 spiro atoms. The molecule has 1 fully saturated rings. The van der Waals surface area contributed by atoms with Crippen molar-refractivity contribution in [2.75, 3.05) is 39.1 Å². The highest BCUT2D eigenvalue weighted by atomic mass is 35.5. The Morgan fingerprint density at radius 1 is 1.43 bits per heavy atom. The van der Waals surface area contributed by atoms with Crippen LogP contribution in [0.15, 0.2) is 24.3 Å². The number of halogens is 1. The van der Waals surface area contributed by atoms with Crippen LogP contribution in [0.1, 0.15) is 18.0 Å². The number of sulfonamides is 1.